The van der Waals surface area contributed by atoms with Gasteiger partial charge < -0.3 is 5.32 Å². The number of rotatable bonds is 7. The van der Waals surface area contributed by atoms with E-state index >= 15 is 0 Å². The van der Waals surface area contributed by atoms with E-state index in [1.165, 1.54) is 0 Å². The van der Waals surface area contributed by atoms with Gasteiger partial charge >= 0.3 is 0 Å². The zero-order valence-corrected chi connectivity index (χ0v) is 15.9. The van der Waals surface area contributed by atoms with Gasteiger partial charge in [-0.3, -0.25) is 4.79 Å². The lowest BCUT2D eigenvalue weighted by Crippen LogP contribution is -2.39. The van der Waals surface area contributed by atoms with Gasteiger partial charge in [-0.2, -0.15) is 4.31 Å². The Kier molecular flexibility index (Phi) is 6.84. The molecule has 0 aliphatic heterocycles. The van der Waals surface area contributed by atoms with Crippen molar-refractivity contribution in [2.45, 2.75) is 13.1 Å². The van der Waals surface area contributed by atoms with Crippen molar-refractivity contribution >= 4 is 39.1 Å². The minimum atomic E-state index is -3.53. The molecule has 0 bridgehead atoms. The van der Waals surface area contributed by atoms with Crippen LogP contribution in [-0.2, 0) is 27.9 Å². The van der Waals surface area contributed by atoms with E-state index < -0.39 is 10.0 Å². The lowest BCUT2D eigenvalue weighted by molar-refractivity contribution is -0.121. The predicted molar refractivity (Wildman–Crippen MR) is 100 cm³/mol. The molecule has 0 spiro atoms. The second-order valence-corrected chi connectivity index (χ2v) is 8.42. The van der Waals surface area contributed by atoms with Crippen molar-refractivity contribution < 1.29 is 13.2 Å². The lowest BCUT2D eigenvalue weighted by Gasteiger charge is -2.19. The molecule has 2 rings (SSSR count). The zero-order valence-electron chi connectivity index (χ0n) is 13.6. The molecule has 0 radical (unpaired) electrons. The number of amides is 1. The Balaban J connectivity index is 1.97. The van der Waals surface area contributed by atoms with Crippen LogP contribution in [0.1, 0.15) is 11.1 Å². The standard InChI is InChI=1S/C17H18Cl2N2O3S/c1-25(23,24)21(11-14-4-8-16(19)9-5-14)12-17(22)20-10-13-2-6-15(18)7-3-13/h2-9H,10-12H2,1H3,(H,20,22). The van der Waals surface area contributed by atoms with Gasteiger partial charge in [-0.25, -0.2) is 8.42 Å². The number of sulfonamides is 1. The largest absolute Gasteiger partial charge is 0.351 e. The van der Waals surface area contributed by atoms with E-state index in [9.17, 15) is 13.2 Å². The van der Waals surface area contributed by atoms with Crippen molar-refractivity contribution in [3.8, 4) is 0 Å². The zero-order chi connectivity index (χ0) is 18.4. The first kappa shape index (κ1) is 19.7. The molecule has 0 fully saturated rings. The van der Waals surface area contributed by atoms with E-state index in [0.29, 0.717) is 16.6 Å². The highest BCUT2D eigenvalue weighted by atomic mass is 35.5. The van der Waals surface area contributed by atoms with Gasteiger partial charge in [0, 0.05) is 23.1 Å². The first-order valence-corrected chi connectivity index (χ1v) is 10.0. The Morgan fingerprint density at radius 3 is 1.92 bits per heavy atom. The maximum absolute atomic E-state index is 12.1. The predicted octanol–water partition coefficient (Wildman–Crippen LogP) is 3.07. The Hall–Kier alpha value is -1.60. The van der Waals surface area contributed by atoms with E-state index in [0.717, 1.165) is 21.7 Å². The first-order valence-electron chi connectivity index (χ1n) is 7.45. The third-order valence-corrected chi connectivity index (χ3v) is 5.16. The van der Waals surface area contributed by atoms with Gasteiger partial charge in [-0.1, -0.05) is 47.5 Å². The van der Waals surface area contributed by atoms with Gasteiger partial charge in [0.05, 0.1) is 12.8 Å². The van der Waals surface area contributed by atoms with Gasteiger partial charge in [0.25, 0.3) is 0 Å². The summed E-state index contributed by atoms with van der Waals surface area (Å²) in [6, 6.07) is 13.9. The van der Waals surface area contributed by atoms with Crippen LogP contribution in [0.3, 0.4) is 0 Å². The Morgan fingerprint density at radius 2 is 1.44 bits per heavy atom. The molecular formula is C17H18Cl2N2O3S. The fraction of sp³-hybridized carbons (Fsp3) is 0.235. The highest BCUT2D eigenvalue weighted by molar-refractivity contribution is 7.88. The van der Waals surface area contributed by atoms with Crippen LogP contribution in [0.4, 0.5) is 0 Å². The quantitative estimate of drug-likeness (QED) is 0.776. The Bertz CT molecular complexity index is 822. The summed E-state index contributed by atoms with van der Waals surface area (Å²) in [6.45, 7) is 0.147. The SMILES string of the molecule is CS(=O)(=O)N(CC(=O)NCc1ccc(Cl)cc1)Cc1ccc(Cl)cc1. The van der Waals surface area contributed by atoms with E-state index in [4.69, 9.17) is 23.2 Å². The number of halogens is 2. The number of hydrogen-bond donors (Lipinski definition) is 1. The molecule has 1 amide bonds. The van der Waals surface area contributed by atoms with Crippen LogP contribution in [0.5, 0.6) is 0 Å². The summed E-state index contributed by atoms with van der Waals surface area (Å²) in [4.78, 5) is 12.1. The average molecular weight is 401 g/mol. The van der Waals surface area contributed by atoms with Gasteiger partial charge in [0.1, 0.15) is 0 Å². The molecule has 2 aromatic rings. The lowest BCUT2D eigenvalue weighted by atomic mass is 10.2. The van der Waals surface area contributed by atoms with Crippen molar-refractivity contribution in [1.29, 1.82) is 0 Å². The molecule has 0 saturated carbocycles. The van der Waals surface area contributed by atoms with E-state index in [2.05, 4.69) is 5.32 Å². The molecule has 0 saturated heterocycles. The molecule has 5 nitrogen and oxygen atoms in total. The highest BCUT2D eigenvalue weighted by Crippen LogP contribution is 2.13. The molecule has 0 aliphatic carbocycles. The molecular weight excluding hydrogens is 383 g/mol. The molecule has 0 aromatic heterocycles. The number of benzene rings is 2. The molecule has 25 heavy (non-hydrogen) atoms. The van der Waals surface area contributed by atoms with Gasteiger partial charge in [-0.05, 0) is 35.4 Å². The molecule has 0 unspecified atom stereocenters. The minimum absolute atomic E-state index is 0.102. The number of nitrogens with one attached hydrogen (secondary N) is 1. The van der Waals surface area contributed by atoms with E-state index in [1.807, 2.05) is 0 Å². The normalized spacial score (nSPS) is 11.5. The fourth-order valence-corrected chi connectivity index (χ4v) is 3.09. The van der Waals surface area contributed by atoms with Crippen LogP contribution >= 0.6 is 23.2 Å². The molecule has 2 aromatic carbocycles. The van der Waals surface area contributed by atoms with Crippen molar-refractivity contribution in [3.05, 3.63) is 69.7 Å². The molecule has 1 N–H and O–H groups in total. The van der Waals surface area contributed by atoms with Crippen LogP contribution in [0.15, 0.2) is 48.5 Å². The summed E-state index contributed by atoms with van der Waals surface area (Å²) < 4.78 is 25.0. The maximum atomic E-state index is 12.1. The van der Waals surface area contributed by atoms with Crippen LogP contribution in [0, 0.1) is 0 Å². The summed E-state index contributed by atoms with van der Waals surface area (Å²) in [5, 5.41) is 3.88. The second kappa shape index (κ2) is 8.67. The van der Waals surface area contributed by atoms with Crippen molar-refractivity contribution in [2.75, 3.05) is 12.8 Å². The monoisotopic (exact) mass is 400 g/mol. The number of carbonyl (C=O) groups is 1. The number of hydrogen-bond acceptors (Lipinski definition) is 3. The Morgan fingerprint density at radius 1 is 0.960 bits per heavy atom. The Labute approximate surface area is 157 Å². The maximum Gasteiger partial charge on any atom is 0.235 e. The first-order chi connectivity index (χ1) is 11.7. The van der Waals surface area contributed by atoms with Crippen molar-refractivity contribution in [1.82, 2.24) is 9.62 Å². The van der Waals surface area contributed by atoms with E-state index in [1.54, 1.807) is 48.5 Å². The van der Waals surface area contributed by atoms with Gasteiger partial charge in [0.2, 0.25) is 15.9 Å². The summed E-state index contributed by atoms with van der Waals surface area (Å²) in [7, 11) is -3.53. The molecule has 134 valence electrons. The van der Waals surface area contributed by atoms with Crippen LogP contribution in [0.2, 0.25) is 10.0 Å². The second-order valence-electron chi connectivity index (χ2n) is 5.56. The van der Waals surface area contributed by atoms with Crippen molar-refractivity contribution in [3.63, 3.8) is 0 Å². The third-order valence-electron chi connectivity index (χ3n) is 3.46. The molecule has 0 heterocycles. The van der Waals surface area contributed by atoms with Gasteiger partial charge in [-0.15, -0.1) is 0 Å². The molecule has 8 heteroatoms. The van der Waals surface area contributed by atoms with E-state index in [-0.39, 0.29) is 19.0 Å². The third kappa shape index (κ3) is 6.66. The average Bonchev–Trinajstić information content (AvgIpc) is 2.55. The van der Waals surface area contributed by atoms with Crippen LogP contribution < -0.4 is 5.32 Å². The smallest absolute Gasteiger partial charge is 0.235 e. The fourth-order valence-electron chi connectivity index (χ4n) is 2.10. The number of nitrogens with zero attached hydrogens (tertiary/aromatic N) is 1. The summed E-state index contributed by atoms with van der Waals surface area (Å²) in [6.07, 6.45) is 1.08. The molecule has 0 atom stereocenters. The van der Waals surface area contributed by atoms with Crippen LogP contribution in [0.25, 0.3) is 0 Å². The van der Waals surface area contributed by atoms with Gasteiger partial charge in [0.15, 0.2) is 0 Å². The molecule has 0 aliphatic rings. The topological polar surface area (TPSA) is 66.5 Å². The summed E-state index contributed by atoms with van der Waals surface area (Å²) >= 11 is 11.6. The van der Waals surface area contributed by atoms with Crippen molar-refractivity contribution in [2.24, 2.45) is 0 Å². The number of carbonyl (C=O) groups excluding carboxylic acids is 1. The van der Waals surface area contributed by atoms with Crippen LogP contribution in [-0.4, -0.2) is 31.4 Å². The summed E-state index contributed by atoms with van der Waals surface area (Å²) in [5.41, 5.74) is 1.63. The highest BCUT2D eigenvalue weighted by Gasteiger charge is 2.20. The summed E-state index contributed by atoms with van der Waals surface area (Å²) in [5.74, 6) is -0.380. The minimum Gasteiger partial charge on any atom is -0.351 e.